The molecule has 0 amide bonds. The Morgan fingerprint density at radius 3 is 2.88 bits per heavy atom. The molecule has 0 aliphatic heterocycles. The summed E-state index contributed by atoms with van der Waals surface area (Å²) in [5, 5.41) is 0.699. The Balaban J connectivity index is 3.09. The van der Waals surface area contributed by atoms with Gasteiger partial charge in [-0.1, -0.05) is 0 Å². The third-order valence-corrected chi connectivity index (χ3v) is 1.49. The van der Waals surface area contributed by atoms with Gasteiger partial charge >= 0.3 is 0 Å². The number of hydrogen-bond acceptors (Lipinski definition) is 4. The van der Waals surface area contributed by atoms with Crippen LogP contribution in [0, 0.1) is 0 Å². The highest BCUT2D eigenvalue weighted by atomic mass is 32.1. The molecular formula is C4H5N3S. The third kappa shape index (κ3) is 0.696. The number of aliphatic imine (C=N–C) groups is 1. The third-order valence-electron chi connectivity index (χ3n) is 0.719. The van der Waals surface area contributed by atoms with Crippen molar-refractivity contribution in [1.82, 2.24) is 4.98 Å². The zero-order valence-corrected chi connectivity index (χ0v) is 4.98. The fourth-order valence-electron chi connectivity index (χ4n) is 0.367. The molecule has 0 aliphatic carbocycles. The Bertz CT molecular complexity index is 193. The van der Waals surface area contributed by atoms with Gasteiger partial charge in [-0.15, -0.1) is 11.3 Å². The summed E-state index contributed by atoms with van der Waals surface area (Å²) in [6.45, 7) is 3.30. The molecule has 0 fully saturated rings. The first-order chi connectivity index (χ1) is 3.84. The maximum Gasteiger partial charge on any atom is 0.160 e. The first kappa shape index (κ1) is 5.24. The second-order valence-electron chi connectivity index (χ2n) is 1.20. The van der Waals surface area contributed by atoms with E-state index in [2.05, 4.69) is 16.7 Å². The molecule has 0 saturated carbocycles. The summed E-state index contributed by atoms with van der Waals surface area (Å²) in [6, 6.07) is 0. The minimum absolute atomic E-state index is 0.463. The lowest BCUT2D eigenvalue weighted by Gasteiger charge is -1.81. The van der Waals surface area contributed by atoms with Crippen molar-refractivity contribution in [2.45, 2.75) is 0 Å². The second kappa shape index (κ2) is 1.92. The monoisotopic (exact) mass is 127 g/mol. The van der Waals surface area contributed by atoms with Gasteiger partial charge in [0.25, 0.3) is 0 Å². The molecule has 0 atom stereocenters. The minimum Gasteiger partial charge on any atom is -0.381 e. The Kier molecular flexibility index (Phi) is 1.26. The largest absolute Gasteiger partial charge is 0.381 e. The summed E-state index contributed by atoms with van der Waals surface area (Å²) in [7, 11) is 0. The number of rotatable bonds is 1. The van der Waals surface area contributed by atoms with Crippen LogP contribution < -0.4 is 5.73 Å². The summed E-state index contributed by atoms with van der Waals surface area (Å²) < 4.78 is 0. The molecule has 42 valence electrons. The van der Waals surface area contributed by atoms with E-state index in [1.54, 1.807) is 5.51 Å². The van der Waals surface area contributed by atoms with Crippen molar-refractivity contribution in [2.24, 2.45) is 4.99 Å². The summed E-state index contributed by atoms with van der Waals surface area (Å²) in [5.74, 6) is 0.463. The molecule has 1 aromatic heterocycles. The smallest absolute Gasteiger partial charge is 0.160 e. The number of nitrogens with zero attached hydrogens (tertiary/aromatic N) is 2. The summed E-state index contributed by atoms with van der Waals surface area (Å²) in [4.78, 5) is 7.36. The number of nitrogen functional groups attached to an aromatic ring is 1. The SMILES string of the molecule is C=Nc1scnc1N. The van der Waals surface area contributed by atoms with Gasteiger partial charge in [-0.05, 0) is 6.72 Å². The van der Waals surface area contributed by atoms with Gasteiger partial charge in [-0.2, -0.15) is 0 Å². The highest BCUT2D eigenvalue weighted by Gasteiger charge is 1.94. The fourth-order valence-corrected chi connectivity index (χ4v) is 0.881. The predicted molar refractivity (Wildman–Crippen MR) is 35.7 cm³/mol. The first-order valence-electron chi connectivity index (χ1n) is 2.00. The van der Waals surface area contributed by atoms with Crippen LogP contribution in [0.5, 0.6) is 0 Å². The molecule has 1 heterocycles. The molecule has 0 spiro atoms. The average molecular weight is 127 g/mol. The van der Waals surface area contributed by atoms with E-state index >= 15 is 0 Å². The molecule has 0 radical (unpaired) electrons. The van der Waals surface area contributed by atoms with Crippen LogP contribution in [-0.4, -0.2) is 11.7 Å². The van der Waals surface area contributed by atoms with Gasteiger partial charge in [0, 0.05) is 0 Å². The van der Waals surface area contributed by atoms with Gasteiger partial charge in [0.05, 0.1) is 5.51 Å². The molecular weight excluding hydrogens is 122 g/mol. The number of aromatic nitrogens is 1. The quantitative estimate of drug-likeness (QED) is 0.573. The summed E-state index contributed by atoms with van der Waals surface area (Å²) >= 11 is 1.38. The highest BCUT2D eigenvalue weighted by molar-refractivity contribution is 7.14. The van der Waals surface area contributed by atoms with Crippen molar-refractivity contribution in [1.29, 1.82) is 0 Å². The average Bonchev–Trinajstić information content (AvgIpc) is 2.14. The van der Waals surface area contributed by atoms with Crippen LogP contribution in [0.4, 0.5) is 10.8 Å². The van der Waals surface area contributed by atoms with Crippen LogP contribution in [-0.2, 0) is 0 Å². The molecule has 0 unspecified atom stereocenters. The minimum atomic E-state index is 0.463. The van der Waals surface area contributed by atoms with Crippen molar-refractivity contribution >= 4 is 28.9 Å². The van der Waals surface area contributed by atoms with E-state index in [0.29, 0.717) is 10.8 Å². The van der Waals surface area contributed by atoms with Gasteiger partial charge in [-0.3, -0.25) is 0 Å². The van der Waals surface area contributed by atoms with Gasteiger partial charge in [0.2, 0.25) is 0 Å². The molecule has 2 N–H and O–H groups in total. The Hall–Kier alpha value is -0.900. The molecule has 3 nitrogen and oxygen atoms in total. The molecule has 0 aromatic carbocycles. The van der Waals surface area contributed by atoms with Crippen LogP contribution in [0.2, 0.25) is 0 Å². The zero-order chi connectivity index (χ0) is 5.98. The van der Waals surface area contributed by atoms with Crippen molar-refractivity contribution in [2.75, 3.05) is 5.73 Å². The zero-order valence-electron chi connectivity index (χ0n) is 4.16. The normalized spacial score (nSPS) is 9.00. The predicted octanol–water partition coefficient (Wildman–Crippen LogP) is 1.06. The Labute approximate surface area is 50.9 Å². The van der Waals surface area contributed by atoms with E-state index in [1.165, 1.54) is 11.3 Å². The van der Waals surface area contributed by atoms with Gasteiger partial charge in [0.1, 0.15) is 0 Å². The molecule has 0 bridgehead atoms. The van der Waals surface area contributed by atoms with E-state index in [9.17, 15) is 0 Å². The Morgan fingerprint density at radius 1 is 1.88 bits per heavy atom. The van der Waals surface area contributed by atoms with E-state index in [4.69, 9.17) is 5.73 Å². The fraction of sp³-hybridized carbons (Fsp3) is 0. The second-order valence-corrected chi connectivity index (χ2v) is 2.03. The molecule has 1 rings (SSSR count). The van der Waals surface area contributed by atoms with Crippen molar-refractivity contribution in [3.63, 3.8) is 0 Å². The topological polar surface area (TPSA) is 51.3 Å². The lowest BCUT2D eigenvalue weighted by molar-refractivity contribution is 1.41. The van der Waals surface area contributed by atoms with Crippen molar-refractivity contribution in [3.05, 3.63) is 5.51 Å². The number of nitrogens with two attached hydrogens (primary N) is 1. The summed E-state index contributed by atoms with van der Waals surface area (Å²) in [6.07, 6.45) is 0. The van der Waals surface area contributed by atoms with Crippen LogP contribution >= 0.6 is 11.3 Å². The van der Waals surface area contributed by atoms with E-state index in [1.807, 2.05) is 0 Å². The Morgan fingerprint density at radius 2 is 2.62 bits per heavy atom. The van der Waals surface area contributed by atoms with E-state index < -0.39 is 0 Å². The van der Waals surface area contributed by atoms with Crippen LogP contribution in [0.1, 0.15) is 0 Å². The maximum absolute atomic E-state index is 5.32. The van der Waals surface area contributed by atoms with Gasteiger partial charge in [0.15, 0.2) is 10.8 Å². The maximum atomic E-state index is 5.32. The molecule has 1 aromatic rings. The van der Waals surface area contributed by atoms with Gasteiger partial charge in [-0.25, -0.2) is 9.98 Å². The number of hydrogen-bond donors (Lipinski definition) is 1. The molecule has 8 heavy (non-hydrogen) atoms. The molecule has 4 heteroatoms. The number of thiazole rings is 1. The van der Waals surface area contributed by atoms with Crippen LogP contribution in [0.15, 0.2) is 10.5 Å². The highest BCUT2D eigenvalue weighted by Crippen LogP contribution is 2.24. The van der Waals surface area contributed by atoms with E-state index in [-0.39, 0.29) is 0 Å². The lowest BCUT2D eigenvalue weighted by Crippen LogP contribution is -1.81. The van der Waals surface area contributed by atoms with Crippen molar-refractivity contribution < 1.29 is 0 Å². The van der Waals surface area contributed by atoms with Crippen LogP contribution in [0.3, 0.4) is 0 Å². The molecule has 0 aliphatic rings. The first-order valence-corrected chi connectivity index (χ1v) is 2.88. The van der Waals surface area contributed by atoms with Gasteiger partial charge < -0.3 is 5.73 Å². The molecule has 0 saturated heterocycles. The standard InChI is InChI=1S/C4H5N3S/c1-6-4-3(5)7-2-8-4/h2H,1,5H2. The summed E-state index contributed by atoms with van der Waals surface area (Å²) in [5.41, 5.74) is 6.95. The lowest BCUT2D eigenvalue weighted by atomic mass is 10.7. The van der Waals surface area contributed by atoms with E-state index in [0.717, 1.165) is 0 Å². The van der Waals surface area contributed by atoms with Crippen molar-refractivity contribution in [3.8, 4) is 0 Å². The van der Waals surface area contributed by atoms with Crippen LogP contribution in [0.25, 0.3) is 0 Å². The number of anilines is 1.